The summed E-state index contributed by atoms with van der Waals surface area (Å²) in [5.74, 6) is -0.0531. The molecule has 1 fully saturated rings. The van der Waals surface area contributed by atoms with E-state index in [1.54, 1.807) is 12.1 Å². The molecule has 1 unspecified atom stereocenters. The van der Waals surface area contributed by atoms with Crippen molar-refractivity contribution in [2.45, 2.75) is 110 Å². The predicted octanol–water partition coefficient (Wildman–Crippen LogP) is 6.79. The minimum atomic E-state index is -0.665. The van der Waals surface area contributed by atoms with E-state index in [0.717, 1.165) is 51.4 Å². The summed E-state index contributed by atoms with van der Waals surface area (Å²) in [7, 11) is 0. The summed E-state index contributed by atoms with van der Waals surface area (Å²) in [4.78, 5) is 41.4. The van der Waals surface area contributed by atoms with Crippen LogP contribution in [-0.4, -0.2) is 44.6 Å². The average Bonchev–Trinajstić information content (AvgIpc) is 3.50. The highest BCUT2D eigenvalue weighted by atomic mass is 19.1. The van der Waals surface area contributed by atoms with Crippen molar-refractivity contribution in [3.8, 4) is 0 Å². The summed E-state index contributed by atoms with van der Waals surface area (Å²) < 4.78 is 21.9. The number of nitrogens with one attached hydrogen (secondary N) is 3. The number of benzene rings is 1. The molecule has 2 amide bonds. The van der Waals surface area contributed by atoms with Gasteiger partial charge in [0.1, 0.15) is 23.2 Å². The molecule has 9 nitrogen and oxygen atoms in total. The van der Waals surface area contributed by atoms with Crippen molar-refractivity contribution in [2.24, 2.45) is 5.92 Å². The fourth-order valence-electron chi connectivity index (χ4n) is 6.11. The average molecular weight is 582 g/mol. The fraction of sp³-hybridized carbons (Fsp3) is 0.594. The molecule has 0 saturated heterocycles. The lowest BCUT2D eigenvalue weighted by molar-refractivity contribution is -0.119. The number of carbonyl (C=O) groups is 2. The van der Waals surface area contributed by atoms with Crippen molar-refractivity contribution in [3.63, 3.8) is 0 Å². The molecular weight excluding hydrogens is 537 g/mol. The minimum absolute atomic E-state index is 0.153. The van der Waals surface area contributed by atoms with Gasteiger partial charge in [-0.05, 0) is 78.4 Å². The molecule has 0 spiro atoms. The number of nitrogens with zero attached hydrogens (tertiary/aromatic N) is 2. The van der Waals surface area contributed by atoms with Crippen LogP contribution >= 0.6 is 0 Å². The number of fused-ring (bicyclic) bond motifs is 1. The Bertz CT molecular complexity index is 1380. The van der Waals surface area contributed by atoms with Gasteiger partial charge in [0.15, 0.2) is 5.82 Å². The van der Waals surface area contributed by atoms with Crippen LogP contribution in [-0.2, 0) is 14.4 Å². The van der Waals surface area contributed by atoms with Crippen molar-refractivity contribution < 1.29 is 23.6 Å². The Hall–Kier alpha value is -3.40. The Labute approximate surface area is 247 Å². The number of aromatic amines is 1. The molecule has 1 saturated carbocycles. The van der Waals surface area contributed by atoms with Crippen LogP contribution in [0.5, 0.6) is 0 Å². The Balaban J connectivity index is 1.49. The molecule has 0 bridgehead atoms. The van der Waals surface area contributed by atoms with Gasteiger partial charge in [-0.3, -0.25) is 9.69 Å². The lowest BCUT2D eigenvalue weighted by atomic mass is 9.85. The van der Waals surface area contributed by atoms with Gasteiger partial charge in [0.25, 0.3) is 5.91 Å². The number of H-pyrrole nitrogens is 1. The van der Waals surface area contributed by atoms with Crippen molar-refractivity contribution in [1.82, 2.24) is 25.7 Å². The normalized spacial score (nSPS) is 20.7. The van der Waals surface area contributed by atoms with E-state index in [4.69, 9.17) is 14.6 Å². The maximum absolute atomic E-state index is 16.3. The van der Waals surface area contributed by atoms with Crippen molar-refractivity contribution in [1.29, 1.82) is 0 Å². The monoisotopic (exact) mass is 581 g/mol. The molecule has 5 rings (SSSR count). The standard InChI is InChI=1S/C32H44FN5O4/c1-31(2,3)42-30(40)38-18-12-11-15-24(38)21-16-17-23-27(25(21)33)35-28(34-23)26(20-13-9-7-6-8-10-14-20)36-29(39)22-19-41-37-32(22,4)5/h15-17,19-20,26,37H,6-14,18H2,1-5H3,(H,34,35)(H,36,39). The van der Waals surface area contributed by atoms with Gasteiger partial charge in [-0.15, -0.1) is 5.48 Å². The third-order valence-electron chi connectivity index (χ3n) is 8.33. The summed E-state index contributed by atoms with van der Waals surface area (Å²) in [6, 6.07) is 3.06. The zero-order valence-corrected chi connectivity index (χ0v) is 25.4. The summed E-state index contributed by atoms with van der Waals surface area (Å²) in [6.07, 6.45) is 11.9. The number of carbonyl (C=O) groups excluding carboxylic acids is 2. The van der Waals surface area contributed by atoms with Gasteiger partial charge in [-0.2, -0.15) is 0 Å². The number of aromatic nitrogens is 2. The molecule has 3 N–H and O–H groups in total. The Morgan fingerprint density at radius 1 is 1.14 bits per heavy atom. The van der Waals surface area contributed by atoms with E-state index in [1.165, 1.54) is 17.6 Å². The van der Waals surface area contributed by atoms with E-state index in [1.807, 2.05) is 40.7 Å². The summed E-state index contributed by atoms with van der Waals surface area (Å²) in [5.41, 5.74) is 3.58. The van der Waals surface area contributed by atoms with Crippen molar-refractivity contribution >= 4 is 28.7 Å². The number of halogens is 1. The Kier molecular flexibility index (Phi) is 8.64. The summed E-state index contributed by atoms with van der Waals surface area (Å²) >= 11 is 0. The zero-order chi connectivity index (χ0) is 30.1. The molecule has 1 aliphatic carbocycles. The van der Waals surface area contributed by atoms with Gasteiger partial charge in [0.2, 0.25) is 0 Å². The fourth-order valence-corrected chi connectivity index (χ4v) is 6.11. The number of ether oxygens (including phenoxy) is 1. The SMILES string of the molecule is CC(C)(C)OC(=O)N1CCCC=C1c1ccc2[nH]c(C(NC(=O)C3=CONC3(C)C)C3CCCCCCC3)nc2c1F. The second-order valence-electron chi connectivity index (χ2n) is 13.2. The minimum Gasteiger partial charge on any atom is -0.443 e. The van der Waals surface area contributed by atoms with E-state index in [0.29, 0.717) is 34.7 Å². The Morgan fingerprint density at radius 3 is 2.52 bits per heavy atom. The molecule has 1 aromatic heterocycles. The smallest absolute Gasteiger partial charge is 0.414 e. The van der Waals surface area contributed by atoms with Crippen LogP contribution in [0, 0.1) is 11.7 Å². The molecule has 3 heterocycles. The quantitative estimate of drug-likeness (QED) is 0.359. The second-order valence-corrected chi connectivity index (χ2v) is 13.2. The third kappa shape index (κ3) is 6.48. The first kappa shape index (κ1) is 30.1. The van der Waals surface area contributed by atoms with Gasteiger partial charge >= 0.3 is 6.09 Å². The molecule has 2 aliphatic heterocycles. The van der Waals surface area contributed by atoms with Crippen LogP contribution in [0.3, 0.4) is 0 Å². The molecule has 1 atom stereocenters. The van der Waals surface area contributed by atoms with Crippen molar-refractivity contribution in [2.75, 3.05) is 6.54 Å². The van der Waals surface area contributed by atoms with E-state index in [-0.39, 0.29) is 17.3 Å². The summed E-state index contributed by atoms with van der Waals surface area (Å²) in [5, 5.41) is 3.23. The van der Waals surface area contributed by atoms with Gasteiger partial charge in [-0.1, -0.05) is 38.2 Å². The van der Waals surface area contributed by atoms with Crippen molar-refractivity contribution in [3.05, 3.63) is 47.2 Å². The van der Waals surface area contributed by atoms with Crippen LogP contribution in [0.25, 0.3) is 16.7 Å². The molecule has 1 aromatic carbocycles. The molecule has 228 valence electrons. The molecule has 2 aromatic rings. The topological polar surface area (TPSA) is 109 Å². The second kappa shape index (κ2) is 12.1. The van der Waals surface area contributed by atoms with Crippen LogP contribution in [0.2, 0.25) is 0 Å². The first-order valence-electron chi connectivity index (χ1n) is 15.3. The van der Waals surface area contributed by atoms with E-state index in [2.05, 4.69) is 15.8 Å². The predicted molar refractivity (Wildman–Crippen MR) is 159 cm³/mol. The molecule has 3 aliphatic rings. The number of hydrogen-bond donors (Lipinski definition) is 3. The van der Waals surface area contributed by atoms with Crippen LogP contribution in [0.4, 0.5) is 9.18 Å². The number of hydrogen-bond acceptors (Lipinski definition) is 6. The highest BCUT2D eigenvalue weighted by Gasteiger charge is 2.37. The maximum atomic E-state index is 16.3. The first-order chi connectivity index (χ1) is 19.9. The lowest BCUT2D eigenvalue weighted by Crippen LogP contribution is -2.43. The molecule has 42 heavy (non-hydrogen) atoms. The number of imidazole rings is 1. The van der Waals surface area contributed by atoms with Crippen LogP contribution in [0.1, 0.15) is 110 Å². The first-order valence-corrected chi connectivity index (χ1v) is 15.3. The van der Waals surface area contributed by atoms with Crippen LogP contribution in [0.15, 0.2) is 30.0 Å². The highest BCUT2D eigenvalue weighted by molar-refractivity contribution is 5.96. The number of hydroxylamine groups is 1. The van der Waals surface area contributed by atoms with Gasteiger partial charge in [0.05, 0.1) is 28.4 Å². The summed E-state index contributed by atoms with van der Waals surface area (Å²) in [6.45, 7) is 9.66. The van der Waals surface area contributed by atoms with E-state index < -0.39 is 29.1 Å². The number of rotatable bonds is 5. The van der Waals surface area contributed by atoms with Crippen LogP contribution < -0.4 is 10.8 Å². The highest BCUT2D eigenvalue weighted by Crippen LogP contribution is 2.36. The zero-order valence-electron chi connectivity index (χ0n) is 25.4. The Morgan fingerprint density at radius 2 is 1.86 bits per heavy atom. The van der Waals surface area contributed by atoms with Gasteiger partial charge < -0.3 is 19.9 Å². The third-order valence-corrected chi connectivity index (χ3v) is 8.33. The van der Waals surface area contributed by atoms with Gasteiger partial charge in [0, 0.05) is 12.1 Å². The molecule has 10 heteroatoms. The van der Waals surface area contributed by atoms with E-state index >= 15 is 4.39 Å². The van der Waals surface area contributed by atoms with E-state index in [9.17, 15) is 9.59 Å². The number of allylic oxidation sites excluding steroid dienone is 1. The number of amides is 2. The molecular formula is C32H44FN5O4. The lowest BCUT2D eigenvalue weighted by Gasteiger charge is -2.31. The largest absolute Gasteiger partial charge is 0.443 e. The molecule has 0 radical (unpaired) electrons. The maximum Gasteiger partial charge on any atom is 0.414 e. The van der Waals surface area contributed by atoms with Gasteiger partial charge in [-0.25, -0.2) is 14.2 Å².